The van der Waals surface area contributed by atoms with Crippen molar-refractivity contribution in [2.75, 3.05) is 19.6 Å². The molecule has 0 aromatic heterocycles. The van der Waals surface area contributed by atoms with Gasteiger partial charge in [-0.05, 0) is 61.9 Å². The van der Waals surface area contributed by atoms with Gasteiger partial charge in [0, 0.05) is 25.7 Å². The van der Waals surface area contributed by atoms with Gasteiger partial charge in [0.1, 0.15) is 5.82 Å². The van der Waals surface area contributed by atoms with Gasteiger partial charge in [-0.25, -0.2) is 12.8 Å². The first-order chi connectivity index (χ1) is 15.8. The van der Waals surface area contributed by atoms with Crippen LogP contribution in [0.5, 0.6) is 0 Å². The first-order valence-electron chi connectivity index (χ1n) is 11.2. The van der Waals surface area contributed by atoms with E-state index in [0.717, 1.165) is 24.5 Å². The van der Waals surface area contributed by atoms with E-state index in [0.29, 0.717) is 37.9 Å². The molecular formula is C24H30FN3O4S. The molecule has 0 radical (unpaired) electrons. The van der Waals surface area contributed by atoms with Gasteiger partial charge in [0.2, 0.25) is 10.0 Å². The maximum atomic E-state index is 13.4. The Morgan fingerprint density at radius 2 is 1.73 bits per heavy atom. The van der Waals surface area contributed by atoms with E-state index in [1.165, 1.54) is 16.4 Å². The molecule has 1 aliphatic heterocycles. The van der Waals surface area contributed by atoms with E-state index in [-0.39, 0.29) is 17.5 Å². The van der Waals surface area contributed by atoms with Crippen molar-refractivity contribution in [2.24, 2.45) is 0 Å². The average Bonchev–Trinajstić information content (AvgIpc) is 2.79. The van der Waals surface area contributed by atoms with Gasteiger partial charge in [-0.3, -0.25) is 9.59 Å². The van der Waals surface area contributed by atoms with Crippen molar-refractivity contribution in [3.8, 4) is 0 Å². The first-order valence-corrected chi connectivity index (χ1v) is 12.6. The Bertz CT molecular complexity index is 1080. The number of halogens is 1. The highest BCUT2D eigenvalue weighted by molar-refractivity contribution is 7.89. The zero-order chi connectivity index (χ0) is 23.8. The summed E-state index contributed by atoms with van der Waals surface area (Å²) in [4.78, 5) is 24.2. The van der Waals surface area contributed by atoms with Crippen LogP contribution in [0.25, 0.3) is 0 Å². The smallest absolute Gasteiger partial charge is 0.309 e. The molecule has 0 spiro atoms. The van der Waals surface area contributed by atoms with Crippen LogP contribution in [0.3, 0.4) is 0 Å². The van der Waals surface area contributed by atoms with Crippen molar-refractivity contribution in [2.45, 2.75) is 50.0 Å². The van der Waals surface area contributed by atoms with Crippen LogP contribution in [0.1, 0.15) is 36.8 Å². The summed E-state index contributed by atoms with van der Waals surface area (Å²) < 4.78 is 41.3. The highest BCUT2D eigenvalue weighted by atomic mass is 32.2. The summed E-state index contributed by atoms with van der Waals surface area (Å²) >= 11 is 0. The molecule has 2 aromatic rings. The van der Waals surface area contributed by atoms with Crippen LogP contribution in [-0.2, 0) is 26.0 Å². The molecule has 9 heteroatoms. The van der Waals surface area contributed by atoms with Crippen molar-refractivity contribution >= 4 is 21.8 Å². The Morgan fingerprint density at radius 1 is 1.03 bits per heavy atom. The fraction of sp³-hybridized carbons (Fsp3) is 0.417. The number of carbonyl (C=O) groups excluding carboxylic acids is 2. The molecule has 3 rings (SSSR count). The zero-order valence-electron chi connectivity index (χ0n) is 18.7. The van der Waals surface area contributed by atoms with E-state index in [1.54, 1.807) is 6.92 Å². The average molecular weight is 476 g/mol. The minimum atomic E-state index is -3.79. The van der Waals surface area contributed by atoms with Crippen LogP contribution in [-0.4, -0.2) is 50.2 Å². The summed E-state index contributed by atoms with van der Waals surface area (Å²) in [5.74, 6) is -1.92. The Morgan fingerprint density at radius 3 is 2.42 bits per heavy atom. The maximum absolute atomic E-state index is 13.4. The van der Waals surface area contributed by atoms with E-state index >= 15 is 0 Å². The molecule has 0 aliphatic carbocycles. The highest BCUT2D eigenvalue weighted by Crippen LogP contribution is 2.28. The predicted octanol–water partition coefficient (Wildman–Crippen LogP) is 2.54. The Kier molecular flexibility index (Phi) is 8.57. The second-order valence-corrected chi connectivity index (χ2v) is 10.1. The monoisotopic (exact) mass is 475 g/mol. The van der Waals surface area contributed by atoms with Crippen molar-refractivity contribution in [1.29, 1.82) is 0 Å². The molecule has 1 atom stereocenters. The number of rotatable bonds is 8. The van der Waals surface area contributed by atoms with Gasteiger partial charge < -0.3 is 10.6 Å². The van der Waals surface area contributed by atoms with Crippen molar-refractivity contribution < 1.29 is 22.4 Å². The fourth-order valence-corrected chi connectivity index (χ4v) is 6.02. The van der Waals surface area contributed by atoms with Gasteiger partial charge >= 0.3 is 11.8 Å². The van der Waals surface area contributed by atoms with Crippen LogP contribution in [0.2, 0.25) is 0 Å². The number of hydrogen-bond donors (Lipinski definition) is 2. The Hall–Kier alpha value is -2.78. The minimum Gasteiger partial charge on any atom is -0.348 e. The molecule has 178 valence electrons. The Balaban J connectivity index is 1.51. The first kappa shape index (κ1) is 24.9. The molecule has 1 saturated heterocycles. The summed E-state index contributed by atoms with van der Waals surface area (Å²) in [6.07, 6.45) is 3.30. The van der Waals surface area contributed by atoms with Gasteiger partial charge in [-0.2, -0.15) is 4.31 Å². The van der Waals surface area contributed by atoms with Gasteiger partial charge in [-0.15, -0.1) is 0 Å². The van der Waals surface area contributed by atoms with E-state index in [1.807, 2.05) is 30.3 Å². The van der Waals surface area contributed by atoms with Crippen molar-refractivity contribution in [3.05, 3.63) is 65.5 Å². The summed E-state index contributed by atoms with van der Waals surface area (Å²) in [6.45, 7) is 2.48. The van der Waals surface area contributed by atoms with Gasteiger partial charge in [-0.1, -0.05) is 36.8 Å². The summed E-state index contributed by atoms with van der Waals surface area (Å²) in [5, 5.41) is 5.18. The van der Waals surface area contributed by atoms with Gasteiger partial charge in [0.15, 0.2) is 0 Å². The van der Waals surface area contributed by atoms with Gasteiger partial charge in [0.25, 0.3) is 0 Å². The molecule has 2 N–H and O–H groups in total. The molecule has 1 aliphatic rings. The third-order valence-electron chi connectivity index (χ3n) is 5.81. The molecule has 0 saturated carbocycles. The number of aryl methyl sites for hydroxylation is 1. The lowest BCUT2D eigenvalue weighted by Gasteiger charge is -2.35. The second-order valence-electron chi connectivity index (χ2n) is 8.21. The lowest BCUT2D eigenvalue weighted by Crippen LogP contribution is -2.46. The number of carbonyl (C=O) groups is 2. The molecule has 7 nitrogen and oxygen atoms in total. The molecule has 2 aromatic carbocycles. The second kappa shape index (κ2) is 11.4. The van der Waals surface area contributed by atoms with Crippen LogP contribution < -0.4 is 10.6 Å². The normalized spacial score (nSPS) is 16.8. The third kappa shape index (κ3) is 6.61. The van der Waals surface area contributed by atoms with Gasteiger partial charge in [0.05, 0.1) is 4.90 Å². The van der Waals surface area contributed by atoms with E-state index in [9.17, 15) is 22.4 Å². The van der Waals surface area contributed by atoms with Crippen LogP contribution in [0, 0.1) is 12.7 Å². The maximum Gasteiger partial charge on any atom is 0.309 e. The molecule has 1 fully saturated rings. The van der Waals surface area contributed by atoms with E-state index in [2.05, 4.69) is 10.6 Å². The van der Waals surface area contributed by atoms with Crippen LogP contribution in [0.15, 0.2) is 53.4 Å². The zero-order valence-corrected chi connectivity index (χ0v) is 19.5. The number of benzene rings is 2. The number of amides is 2. The minimum absolute atomic E-state index is 0.0950. The van der Waals surface area contributed by atoms with E-state index < -0.39 is 27.7 Å². The molecule has 2 amide bonds. The summed E-state index contributed by atoms with van der Waals surface area (Å²) in [5.41, 5.74) is 1.42. The lowest BCUT2D eigenvalue weighted by atomic mass is 10.0. The number of piperidine rings is 1. The third-order valence-corrected chi connectivity index (χ3v) is 7.92. The number of hydrogen-bond acceptors (Lipinski definition) is 4. The number of nitrogens with one attached hydrogen (secondary N) is 2. The molecule has 0 unspecified atom stereocenters. The SMILES string of the molecule is Cc1cc(F)ccc1S(=O)(=O)N1CCCC[C@H]1CCNC(=O)C(=O)NCCc1ccccc1. The quantitative estimate of drug-likeness (QED) is 0.574. The predicted molar refractivity (Wildman–Crippen MR) is 123 cm³/mol. The van der Waals surface area contributed by atoms with Crippen LogP contribution >= 0.6 is 0 Å². The summed E-state index contributed by atoms with van der Waals surface area (Å²) in [6, 6.07) is 13.0. The standard InChI is InChI=1S/C24H30FN3O4S/c1-18-17-20(25)10-11-22(18)33(31,32)28-16-6-5-9-21(28)13-15-27-24(30)23(29)26-14-12-19-7-3-2-4-8-19/h2-4,7-8,10-11,17,21H,5-6,9,12-16H2,1H3,(H,26,29)(H,27,30)/t21-/m0/s1. The topological polar surface area (TPSA) is 95.6 Å². The van der Waals surface area contributed by atoms with Crippen molar-refractivity contribution in [1.82, 2.24) is 14.9 Å². The largest absolute Gasteiger partial charge is 0.348 e. The molecular weight excluding hydrogens is 445 g/mol. The molecule has 0 bridgehead atoms. The number of sulfonamides is 1. The highest BCUT2D eigenvalue weighted by Gasteiger charge is 2.34. The molecule has 33 heavy (non-hydrogen) atoms. The van der Waals surface area contributed by atoms with Crippen molar-refractivity contribution in [3.63, 3.8) is 0 Å². The number of nitrogens with zero attached hydrogens (tertiary/aromatic N) is 1. The Labute approximate surface area is 194 Å². The van der Waals surface area contributed by atoms with Crippen LogP contribution in [0.4, 0.5) is 4.39 Å². The summed E-state index contributed by atoms with van der Waals surface area (Å²) in [7, 11) is -3.79. The lowest BCUT2D eigenvalue weighted by molar-refractivity contribution is -0.139. The van der Waals surface area contributed by atoms with E-state index in [4.69, 9.17) is 0 Å². The molecule has 1 heterocycles. The fourth-order valence-electron chi connectivity index (χ4n) is 4.09.